The highest BCUT2D eigenvalue weighted by Crippen LogP contribution is 2.29. The second kappa shape index (κ2) is 5.02. The molecule has 0 atom stereocenters. The molecule has 2 aromatic rings. The molecule has 0 saturated heterocycles. The van der Waals surface area contributed by atoms with E-state index in [0.29, 0.717) is 6.54 Å². The Bertz CT molecular complexity index is 677. The Labute approximate surface area is 121 Å². The number of hydrogen-bond acceptors (Lipinski definition) is 3. The van der Waals surface area contributed by atoms with Crippen LogP contribution in [0.3, 0.4) is 0 Å². The van der Waals surface area contributed by atoms with Crippen molar-refractivity contribution in [1.29, 1.82) is 0 Å². The van der Waals surface area contributed by atoms with Crippen LogP contribution < -0.4 is 4.90 Å². The second-order valence-electron chi connectivity index (χ2n) is 5.19. The molecule has 0 aliphatic carbocycles. The lowest BCUT2D eigenvalue weighted by atomic mass is 10.1. The van der Waals surface area contributed by atoms with E-state index in [4.69, 9.17) is 0 Å². The number of benzene rings is 1. The fourth-order valence-corrected chi connectivity index (χ4v) is 3.69. The van der Waals surface area contributed by atoms with E-state index in [0.717, 1.165) is 39.5 Å². The number of nitrogens with zero attached hydrogens (tertiary/aromatic N) is 1. The lowest BCUT2D eigenvalue weighted by Gasteiger charge is -2.18. The van der Waals surface area contributed by atoms with E-state index in [9.17, 15) is 9.18 Å². The van der Waals surface area contributed by atoms with Crippen LogP contribution in [0.25, 0.3) is 0 Å². The molecule has 3 rings (SSSR count). The number of anilines is 1. The summed E-state index contributed by atoms with van der Waals surface area (Å²) in [7, 11) is 0. The molecule has 0 radical (unpaired) electrons. The summed E-state index contributed by atoms with van der Waals surface area (Å²) in [4.78, 5) is 16.6. The molecule has 0 unspecified atom stereocenters. The van der Waals surface area contributed by atoms with Gasteiger partial charge in [0.2, 0.25) is 0 Å². The molecule has 1 aliphatic heterocycles. The van der Waals surface area contributed by atoms with Crippen molar-refractivity contribution < 1.29 is 9.18 Å². The van der Waals surface area contributed by atoms with E-state index in [2.05, 4.69) is 0 Å². The van der Waals surface area contributed by atoms with Crippen molar-refractivity contribution in [3.05, 3.63) is 51.0 Å². The topological polar surface area (TPSA) is 20.3 Å². The van der Waals surface area contributed by atoms with Crippen LogP contribution in [-0.4, -0.2) is 18.9 Å². The minimum absolute atomic E-state index is 0.115. The molecular formula is C16H16FNOS. The SMILES string of the molecule is Cc1cc(C(=O)CN2CCc3ccc(F)cc32)c(C)s1. The Morgan fingerprint density at radius 3 is 2.85 bits per heavy atom. The number of carbonyl (C=O) groups is 1. The van der Waals surface area contributed by atoms with Crippen LogP contribution in [0.1, 0.15) is 25.7 Å². The molecular weight excluding hydrogens is 273 g/mol. The predicted octanol–water partition coefficient (Wildman–Crippen LogP) is 3.75. The van der Waals surface area contributed by atoms with E-state index >= 15 is 0 Å². The zero-order valence-electron chi connectivity index (χ0n) is 11.6. The van der Waals surface area contributed by atoms with E-state index in [1.54, 1.807) is 11.3 Å². The number of Topliss-reactive ketones (excluding diaryl/α,β-unsaturated/α-hetero) is 1. The van der Waals surface area contributed by atoms with Gasteiger partial charge in [-0.05, 0) is 44.0 Å². The molecule has 1 aromatic heterocycles. The first-order valence-electron chi connectivity index (χ1n) is 6.68. The van der Waals surface area contributed by atoms with Gasteiger partial charge in [-0.15, -0.1) is 11.3 Å². The third-order valence-electron chi connectivity index (χ3n) is 3.71. The number of hydrogen-bond donors (Lipinski definition) is 0. The van der Waals surface area contributed by atoms with Gasteiger partial charge in [-0.1, -0.05) is 6.07 Å². The van der Waals surface area contributed by atoms with E-state index in [-0.39, 0.29) is 11.6 Å². The van der Waals surface area contributed by atoms with Crippen LogP contribution in [0.4, 0.5) is 10.1 Å². The molecule has 1 aromatic carbocycles. The van der Waals surface area contributed by atoms with Gasteiger partial charge in [0, 0.05) is 27.5 Å². The van der Waals surface area contributed by atoms with Gasteiger partial charge in [0.15, 0.2) is 5.78 Å². The van der Waals surface area contributed by atoms with Crippen molar-refractivity contribution in [1.82, 2.24) is 0 Å². The van der Waals surface area contributed by atoms with Crippen LogP contribution in [0.5, 0.6) is 0 Å². The fraction of sp³-hybridized carbons (Fsp3) is 0.312. The second-order valence-corrected chi connectivity index (χ2v) is 6.66. The van der Waals surface area contributed by atoms with E-state index in [1.165, 1.54) is 12.1 Å². The largest absolute Gasteiger partial charge is 0.363 e. The zero-order chi connectivity index (χ0) is 14.3. The van der Waals surface area contributed by atoms with E-state index in [1.807, 2.05) is 30.9 Å². The highest BCUT2D eigenvalue weighted by molar-refractivity contribution is 7.12. The summed E-state index contributed by atoms with van der Waals surface area (Å²) in [5, 5.41) is 0. The molecule has 0 amide bonds. The standard InChI is InChI=1S/C16H16FNOS/c1-10-7-14(11(2)20-10)16(19)9-18-6-5-12-3-4-13(17)8-15(12)18/h3-4,7-8H,5-6,9H2,1-2H3. The molecule has 0 fully saturated rings. The van der Waals surface area contributed by atoms with Crippen LogP contribution >= 0.6 is 11.3 Å². The highest BCUT2D eigenvalue weighted by atomic mass is 32.1. The number of carbonyl (C=O) groups excluding carboxylic acids is 1. The Kier molecular flexibility index (Phi) is 3.34. The number of aryl methyl sites for hydroxylation is 2. The lowest BCUT2D eigenvalue weighted by Crippen LogP contribution is -2.28. The number of fused-ring (bicyclic) bond motifs is 1. The third kappa shape index (κ3) is 2.36. The monoisotopic (exact) mass is 289 g/mol. The van der Waals surface area contributed by atoms with Crippen molar-refractivity contribution in [3.63, 3.8) is 0 Å². The van der Waals surface area contributed by atoms with Gasteiger partial charge < -0.3 is 4.90 Å². The molecule has 0 bridgehead atoms. The molecule has 20 heavy (non-hydrogen) atoms. The quantitative estimate of drug-likeness (QED) is 0.802. The first kappa shape index (κ1) is 13.3. The van der Waals surface area contributed by atoms with Crippen LogP contribution in [0.15, 0.2) is 24.3 Å². The zero-order valence-corrected chi connectivity index (χ0v) is 12.4. The van der Waals surface area contributed by atoms with Gasteiger partial charge >= 0.3 is 0 Å². The molecule has 2 heterocycles. The van der Waals surface area contributed by atoms with Crippen LogP contribution in [-0.2, 0) is 6.42 Å². The third-order valence-corrected chi connectivity index (χ3v) is 4.68. The Hall–Kier alpha value is -1.68. The summed E-state index contributed by atoms with van der Waals surface area (Å²) < 4.78 is 13.4. The Morgan fingerprint density at radius 1 is 1.35 bits per heavy atom. The highest BCUT2D eigenvalue weighted by Gasteiger charge is 2.23. The molecule has 4 heteroatoms. The van der Waals surface area contributed by atoms with Crippen molar-refractivity contribution in [2.45, 2.75) is 20.3 Å². The molecule has 0 saturated carbocycles. The first-order chi connectivity index (χ1) is 9.54. The number of rotatable bonds is 3. The first-order valence-corrected chi connectivity index (χ1v) is 7.50. The summed E-state index contributed by atoms with van der Waals surface area (Å²) in [5.74, 6) is -0.130. The van der Waals surface area contributed by atoms with Crippen molar-refractivity contribution in [3.8, 4) is 0 Å². The Balaban J connectivity index is 1.82. The van der Waals surface area contributed by atoms with Crippen molar-refractivity contribution in [2.24, 2.45) is 0 Å². The lowest BCUT2D eigenvalue weighted by molar-refractivity contribution is 0.0999. The minimum Gasteiger partial charge on any atom is -0.363 e. The normalized spacial score (nSPS) is 13.7. The molecule has 0 spiro atoms. The molecule has 0 N–H and O–H groups in total. The van der Waals surface area contributed by atoms with E-state index < -0.39 is 0 Å². The summed E-state index contributed by atoms with van der Waals surface area (Å²) in [5.41, 5.74) is 2.79. The van der Waals surface area contributed by atoms with Gasteiger partial charge in [0.05, 0.1) is 6.54 Å². The number of halogens is 1. The average Bonchev–Trinajstić information content (AvgIpc) is 2.93. The molecule has 2 nitrogen and oxygen atoms in total. The number of thiophene rings is 1. The maximum absolute atomic E-state index is 13.4. The summed E-state index contributed by atoms with van der Waals surface area (Å²) >= 11 is 1.64. The Morgan fingerprint density at radius 2 is 2.15 bits per heavy atom. The number of ketones is 1. The van der Waals surface area contributed by atoms with Gasteiger partial charge in [0.25, 0.3) is 0 Å². The summed E-state index contributed by atoms with van der Waals surface area (Å²) in [6.45, 7) is 5.09. The van der Waals surface area contributed by atoms with Gasteiger partial charge in [0.1, 0.15) is 5.82 Å². The maximum atomic E-state index is 13.4. The fourth-order valence-electron chi connectivity index (χ4n) is 2.75. The van der Waals surface area contributed by atoms with Crippen molar-refractivity contribution in [2.75, 3.05) is 18.0 Å². The van der Waals surface area contributed by atoms with Gasteiger partial charge in [-0.3, -0.25) is 4.79 Å². The predicted molar refractivity (Wildman–Crippen MR) is 80.4 cm³/mol. The average molecular weight is 289 g/mol. The smallest absolute Gasteiger partial charge is 0.183 e. The minimum atomic E-state index is -0.245. The summed E-state index contributed by atoms with van der Waals surface area (Å²) in [6.07, 6.45) is 0.880. The summed E-state index contributed by atoms with van der Waals surface area (Å²) in [6, 6.07) is 6.78. The maximum Gasteiger partial charge on any atom is 0.183 e. The molecule has 104 valence electrons. The van der Waals surface area contributed by atoms with Crippen LogP contribution in [0, 0.1) is 19.7 Å². The van der Waals surface area contributed by atoms with Gasteiger partial charge in [-0.25, -0.2) is 4.39 Å². The van der Waals surface area contributed by atoms with Crippen molar-refractivity contribution >= 4 is 22.8 Å². The van der Waals surface area contributed by atoms with Crippen LogP contribution in [0.2, 0.25) is 0 Å². The van der Waals surface area contributed by atoms with Gasteiger partial charge in [-0.2, -0.15) is 0 Å². The molecule has 1 aliphatic rings.